The standard InChI is InChI=1S/C10H12N2O2/c1-3-8(6-11)12-10(13)9-4-5-14-7(9)2/h4-5,8H,3H2,1-2H3,(H,12,13). The number of nitrogens with one attached hydrogen (secondary N) is 1. The average Bonchev–Trinajstić information content (AvgIpc) is 2.60. The van der Waals surface area contributed by atoms with Crippen LogP contribution in [0.1, 0.15) is 29.5 Å². The van der Waals surface area contributed by atoms with Gasteiger partial charge in [0.1, 0.15) is 11.8 Å². The Bertz CT molecular complexity index is 362. The molecule has 1 heterocycles. The first-order valence-electron chi connectivity index (χ1n) is 4.43. The SMILES string of the molecule is CCC(C#N)NC(=O)c1ccoc1C. The molecule has 0 aliphatic heterocycles. The summed E-state index contributed by atoms with van der Waals surface area (Å²) in [7, 11) is 0. The van der Waals surface area contributed by atoms with Gasteiger partial charge in [-0.3, -0.25) is 4.79 Å². The second-order valence-corrected chi connectivity index (χ2v) is 2.95. The van der Waals surface area contributed by atoms with Crippen LogP contribution in [0.15, 0.2) is 16.7 Å². The van der Waals surface area contributed by atoms with E-state index in [-0.39, 0.29) is 5.91 Å². The Morgan fingerprint density at radius 3 is 2.93 bits per heavy atom. The Morgan fingerprint density at radius 1 is 1.79 bits per heavy atom. The monoisotopic (exact) mass is 192 g/mol. The Labute approximate surface area is 82.5 Å². The molecule has 0 aliphatic carbocycles. The van der Waals surface area contributed by atoms with Crippen LogP contribution < -0.4 is 5.32 Å². The van der Waals surface area contributed by atoms with Crippen LogP contribution in [0.3, 0.4) is 0 Å². The van der Waals surface area contributed by atoms with Crippen LogP contribution in [0.5, 0.6) is 0 Å². The van der Waals surface area contributed by atoms with Crippen molar-refractivity contribution in [3.05, 3.63) is 23.7 Å². The summed E-state index contributed by atoms with van der Waals surface area (Å²) in [5.74, 6) is 0.306. The molecule has 1 atom stereocenters. The quantitative estimate of drug-likeness (QED) is 0.791. The van der Waals surface area contributed by atoms with Crippen molar-refractivity contribution in [2.24, 2.45) is 0 Å². The Balaban J connectivity index is 2.69. The molecule has 0 fully saturated rings. The summed E-state index contributed by atoms with van der Waals surface area (Å²) in [5.41, 5.74) is 0.485. The number of furan rings is 1. The van der Waals surface area contributed by atoms with E-state index in [1.165, 1.54) is 6.26 Å². The number of nitrogens with zero attached hydrogens (tertiary/aromatic N) is 1. The number of carbonyl (C=O) groups excluding carboxylic acids is 1. The first-order valence-corrected chi connectivity index (χ1v) is 4.43. The molecule has 0 spiro atoms. The third-order valence-electron chi connectivity index (χ3n) is 1.97. The molecule has 14 heavy (non-hydrogen) atoms. The molecule has 1 aromatic rings. The van der Waals surface area contributed by atoms with Gasteiger partial charge in [-0.1, -0.05) is 6.92 Å². The van der Waals surface area contributed by atoms with E-state index in [2.05, 4.69) is 5.32 Å². The van der Waals surface area contributed by atoms with Crippen LogP contribution in [-0.2, 0) is 0 Å². The smallest absolute Gasteiger partial charge is 0.255 e. The highest BCUT2D eigenvalue weighted by Crippen LogP contribution is 2.08. The van der Waals surface area contributed by atoms with Gasteiger partial charge >= 0.3 is 0 Å². The summed E-state index contributed by atoms with van der Waals surface area (Å²) in [4.78, 5) is 11.5. The minimum absolute atomic E-state index is 0.260. The number of nitriles is 1. The summed E-state index contributed by atoms with van der Waals surface area (Å²) in [6.45, 7) is 3.55. The fourth-order valence-corrected chi connectivity index (χ4v) is 1.08. The maximum atomic E-state index is 11.5. The van der Waals surface area contributed by atoms with Crippen molar-refractivity contribution in [3.63, 3.8) is 0 Å². The highest BCUT2D eigenvalue weighted by Gasteiger charge is 2.14. The van der Waals surface area contributed by atoms with E-state index in [0.717, 1.165) is 0 Å². The third kappa shape index (κ3) is 2.13. The van der Waals surface area contributed by atoms with E-state index < -0.39 is 6.04 Å². The molecule has 1 N–H and O–H groups in total. The fraction of sp³-hybridized carbons (Fsp3) is 0.400. The second-order valence-electron chi connectivity index (χ2n) is 2.95. The van der Waals surface area contributed by atoms with Crippen molar-refractivity contribution < 1.29 is 9.21 Å². The number of rotatable bonds is 3. The Hall–Kier alpha value is -1.76. The van der Waals surface area contributed by atoms with Crippen molar-refractivity contribution in [2.45, 2.75) is 26.3 Å². The van der Waals surface area contributed by atoms with Gasteiger partial charge in [0.15, 0.2) is 0 Å². The first-order chi connectivity index (χ1) is 6.69. The van der Waals surface area contributed by atoms with Crippen LogP contribution >= 0.6 is 0 Å². The topological polar surface area (TPSA) is 66.0 Å². The number of amides is 1. The molecule has 1 rings (SSSR count). The predicted molar refractivity (Wildman–Crippen MR) is 50.6 cm³/mol. The third-order valence-corrected chi connectivity index (χ3v) is 1.97. The van der Waals surface area contributed by atoms with Crippen molar-refractivity contribution in [1.29, 1.82) is 5.26 Å². The van der Waals surface area contributed by atoms with E-state index in [0.29, 0.717) is 17.7 Å². The van der Waals surface area contributed by atoms with Gasteiger partial charge < -0.3 is 9.73 Å². The lowest BCUT2D eigenvalue weighted by atomic mass is 10.2. The highest BCUT2D eigenvalue weighted by atomic mass is 16.3. The van der Waals surface area contributed by atoms with Gasteiger partial charge in [-0.25, -0.2) is 0 Å². The molecular formula is C10H12N2O2. The summed E-state index contributed by atoms with van der Waals surface area (Å²) in [6, 6.07) is 3.16. The lowest BCUT2D eigenvalue weighted by molar-refractivity contribution is 0.0943. The van der Waals surface area contributed by atoms with Gasteiger partial charge in [-0.2, -0.15) is 5.26 Å². The largest absolute Gasteiger partial charge is 0.469 e. The number of hydrogen-bond donors (Lipinski definition) is 1. The van der Waals surface area contributed by atoms with Crippen molar-refractivity contribution >= 4 is 5.91 Å². The molecule has 0 aliphatic rings. The van der Waals surface area contributed by atoms with Gasteiger partial charge in [-0.05, 0) is 19.4 Å². The molecule has 0 radical (unpaired) electrons. The van der Waals surface area contributed by atoms with E-state index in [1.807, 2.05) is 13.0 Å². The van der Waals surface area contributed by atoms with Crippen molar-refractivity contribution in [3.8, 4) is 6.07 Å². The maximum Gasteiger partial charge on any atom is 0.255 e. The summed E-state index contributed by atoms with van der Waals surface area (Å²) in [6.07, 6.45) is 2.05. The summed E-state index contributed by atoms with van der Waals surface area (Å²) in [5, 5.41) is 11.3. The average molecular weight is 192 g/mol. The first kappa shape index (κ1) is 10.3. The van der Waals surface area contributed by atoms with Crippen molar-refractivity contribution in [2.75, 3.05) is 0 Å². The molecule has 0 saturated heterocycles. The van der Waals surface area contributed by atoms with Crippen LogP contribution in [-0.4, -0.2) is 11.9 Å². The van der Waals surface area contributed by atoms with E-state index in [1.54, 1.807) is 13.0 Å². The highest BCUT2D eigenvalue weighted by molar-refractivity contribution is 5.95. The molecule has 4 nitrogen and oxygen atoms in total. The molecule has 1 unspecified atom stereocenters. The molecule has 1 amide bonds. The molecule has 0 aromatic carbocycles. The van der Waals surface area contributed by atoms with Gasteiger partial charge in [-0.15, -0.1) is 0 Å². The molecule has 74 valence electrons. The molecule has 0 bridgehead atoms. The van der Waals surface area contributed by atoms with E-state index in [4.69, 9.17) is 9.68 Å². The second kappa shape index (κ2) is 4.47. The fourth-order valence-electron chi connectivity index (χ4n) is 1.08. The predicted octanol–water partition coefficient (Wildman–Crippen LogP) is 1.62. The number of carbonyl (C=O) groups is 1. The zero-order chi connectivity index (χ0) is 10.6. The van der Waals surface area contributed by atoms with Gasteiger partial charge in [0.25, 0.3) is 5.91 Å². The van der Waals surface area contributed by atoms with Gasteiger partial charge in [0.2, 0.25) is 0 Å². The van der Waals surface area contributed by atoms with Crippen LogP contribution in [0.4, 0.5) is 0 Å². The lowest BCUT2D eigenvalue weighted by Crippen LogP contribution is -2.33. The number of hydrogen-bond acceptors (Lipinski definition) is 3. The van der Waals surface area contributed by atoms with Crippen LogP contribution in [0.25, 0.3) is 0 Å². The Morgan fingerprint density at radius 2 is 2.50 bits per heavy atom. The summed E-state index contributed by atoms with van der Waals surface area (Å²) < 4.78 is 4.99. The maximum absolute atomic E-state index is 11.5. The lowest BCUT2D eigenvalue weighted by Gasteiger charge is -2.07. The van der Waals surface area contributed by atoms with Crippen LogP contribution in [0, 0.1) is 18.3 Å². The molecular weight excluding hydrogens is 180 g/mol. The zero-order valence-electron chi connectivity index (χ0n) is 8.20. The summed E-state index contributed by atoms with van der Waals surface area (Å²) >= 11 is 0. The van der Waals surface area contributed by atoms with E-state index in [9.17, 15) is 4.79 Å². The zero-order valence-corrected chi connectivity index (χ0v) is 8.20. The van der Waals surface area contributed by atoms with Crippen molar-refractivity contribution in [1.82, 2.24) is 5.32 Å². The Kier molecular flexibility index (Phi) is 3.29. The van der Waals surface area contributed by atoms with Gasteiger partial charge in [0, 0.05) is 0 Å². The van der Waals surface area contributed by atoms with Gasteiger partial charge in [0.05, 0.1) is 17.9 Å². The molecule has 0 saturated carbocycles. The minimum atomic E-state index is -0.434. The molecule has 4 heteroatoms. The van der Waals surface area contributed by atoms with Crippen LogP contribution in [0.2, 0.25) is 0 Å². The number of aryl methyl sites for hydroxylation is 1. The van der Waals surface area contributed by atoms with E-state index >= 15 is 0 Å². The minimum Gasteiger partial charge on any atom is -0.469 e. The normalized spacial score (nSPS) is 11.8. The molecule has 1 aromatic heterocycles.